The Hall–Kier alpha value is -1.55. The van der Waals surface area contributed by atoms with Crippen molar-refractivity contribution in [2.75, 3.05) is 40.0 Å². The van der Waals surface area contributed by atoms with Crippen molar-refractivity contribution in [1.29, 1.82) is 0 Å². The minimum absolute atomic E-state index is 0.235. The molecule has 0 saturated heterocycles. The maximum absolute atomic E-state index is 12.6. The number of benzene rings is 1. The summed E-state index contributed by atoms with van der Waals surface area (Å²) in [5, 5.41) is 0. The van der Waals surface area contributed by atoms with Crippen LogP contribution in [0, 0.1) is 0 Å². The molecule has 1 aliphatic rings. The van der Waals surface area contributed by atoms with Gasteiger partial charge in [-0.25, -0.2) is 0 Å². The summed E-state index contributed by atoms with van der Waals surface area (Å²) in [6.45, 7) is 1.66. The third-order valence-corrected chi connectivity index (χ3v) is 3.85. The van der Waals surface area contributed by atoms with Gasteiger partial charge in [-0.15, -0.1) is 0 Å². The van der Waals surface area contributed by atoms with Crippen LogP contribution in [0.1, 0.15) is 18.4 Å². The summed E-state index contributed by atoms with van der Waals surface area (Å²) in [5.41, 5.74) is 7.27. The summed E-state index contributed by atoms with van der Waals surface area (Å²) >= 11 is 0. The zero-order chi connectivity index (χ0) is 14.0. The molecular weight excluding hydrogens is 238 g/mol. The monoisotopic (exact) mass is 261 g/mol. The Morgan fingerprint density at radius 2 is 1.74 bits per heavy atom. The predicted molar refractivity (Wildman–Crippen MR) is 78.0 cm³/mol. The van der Waals surface area contributed by atoms with Crippen molar-refractivity contribution in [2.45, 2.75) is 18.3 Å². The summed E-state index contributed by atoms with van der Waals surface area (Å²) in [6, 6.07) is 7.73. The normalized spacial score (nSPS) is 16.4. The number of carbonyl (C=O) groups is 1. The quantitative estimate of drug-likeness (QED) is 0.813. The molecule has 1 amide bonds. The Bertz CT molecular complexity index is 449. The minimum Gasteiger partial charge on any atom is -0.399 e. The van der Waals surface area contributed by atoms with E-state index >= 15 is 0 Å². The molecule has 4 heteroatoms. The number of hydrogen-bond donors (Lipinski definition) is 1. The van der Waals surface area contributed by atoms with Crippen LogP contribution in [0.15, 0.2) is 24.3 Å². The summed E-state index contributed by atoms with van der Waals surface area (Å²) in [5.74, 6) is 0.235. The highest BCUT2D eigenvalue weighted by Crippen LogP contribution is 2.49. The first-order valence-corrected chi connectivity index (χ1v) is 6.72. The molecule has 0 bridgehead atoms. The molecule has 1 aromatic carbocycles. The van der Waals surface area contributed by atoms with Gasteiger partial charge in [0.2, 0.25) is 5.91 Å². The maximum atomic E-state index is 12.6. The molecule has 0 unspecified atom stereocenters. The second-order valence-corrected chi connectivity index (χ2v) is 5.73. The zero-order valence-corrected chi connectivity index (χ0v) is 12.0. The molecule has 1 aliphatic carbocycles. The van der Waals surface area contributed by atoms with Gasteiger partial charge in [0.15, 0.2) is 0 Å². The van der Waals surface area contributed by atoms with E-state index in [2.05, 4.69) is 4.90 Å². The van der Waals surface area contributed by atoms with Crippen LogP contribution in [0.5, 0.6) is 0 Å². The number of anilines is 1. The Morgan fingerprint density at radius 3 is 2.21 bits per heavy atom. The molecule has 0 aliphatic heterocycles. The van der Waals surface area contributed by atoms with Gasteiger partial charge in [-0.05, 0) is 44.6 Å². The standard InChI is InChI=1S/C15H23N3O/c1-17(2)10-11-18(3)14(19)15(8-9-15)12-4-6-13(16)7-5-12/h4-7H,8-11,16H2,1-3H3. The van der Waals surface area contributed by atoms with Crippen LogP contribution < -0.4 is 5.73 Å². The fourth-order valence-corrected chi connectivity index (χ4v) is 2.37. The highest BCUT2D eigenvalue weighted by atomic mass is 16.2. The van der Waals surface area contributed by atoms with Gasteiger partial charge < -0.3 is 15.5 Å². The molecular formula is C15H23N3O. The number of hydrogen-bond acceptors (Lipinski definition) is 3. The maximum Gasteiger partial charge on any atom is 0.233 e. The number of carbonyl (C=O) groups excluding carboxylic acids is 1. The summed E-state index contributed by atoms with van der Waals surface area (Å²) in [6.07, 6.45) is 1.89. The van der Waals surface area contributed by atoms with E-state index in [1.54, 1.807) is 0 Å². The predicted octanol–water partition coefficient (Wildman–Crippen LogP) is 1.32. The van der Waals surface area contributed by atoms with E-state index in [-0.39, 0.29) is 11.3 Å². The van der Waals surface area contributed by atoms with Crippen molar-refractivity contribution in [1.82, 2.24) is 9.80 Å². The zero-order valence-electron chi connectivity index (χ0n) is 12.0. The first kappa shape index (κ1) is 13.9. The molecule has 0 spiro atoms. The molecule has 2 rings (SSSR count). The molecule has 0 aromatic heterocycles. The van der Waals surface area contributed by atoms with E-state index in [0.717, 1.165) is 37.2 Å². The van der Waals surface area contributed by atoms with Crippen LogP contribution >= 0.6 is 0 Å². The topological polar surface area (TPSA) is 49.6 Å². The Kier molecular flexibility index (Phi) is 3.80. The lowest BCUT2D eigenvalue weighted by molar-refractivity contribution is -0.132. The van der Waals surface area contributed by atoms with Gasteiger partial charge in [0.1, 0.15) is 0 Å². The lowest BCUT2D eigenvalue weighted by Gasteiger charge is -2.25. The molecule has 0 radical (unpaired) electrons. The van der Waals surface area contributed by atoms with Gasteiger partial charge in [0.25, 0.3) is 0 Å². The van der Waals surface area contributed by atoms with Crippen LogP contribution in [0.4, 0.5) is 5.69 Å². The van der Waals surface area contributed by atoms with Crippen molar-refractivity contribution in [3.63, 3.8) is 0 Å². The van der Waals surface area contributed by atoms with Gasteiger partial charge in [-0.3, -0.25) is 4.79 Å². The third-order valence-electron chi connectivity index (χ3n) is 3.85. The van der Waals surface area contributed by atoms with Crippen molar-refractivity contribution in [3.8, 4) is 0 Å². The first-order valence-electron chi connectivity index (χ1n) is 6.72. The van der Waals surface area contributed by atoms with E-state index in [4.69, 9.17) is 5.73 Å². The number of likely N-dealkylation sites (N-methyl/N-ethyl adjacent to an activating group) is 2. The number of rotatable bonds is 5. The van der Waals surface area contributed by atoms with Crippen LogP contribution in [0.25, 0.3) is 0 Å². The van der Waals surface area contributed by atoms with Gasteiger partial charge in [0.05, 0.1) is 5.41 Å². The average molecular weight is 261 g/mol. The van der Waals surface area contributed by atoms with Crippen LogP contribution in [-0.4, -0.2) is 49.9 Å². The summed E-state index contributed by atoms with van der Waals surface area (Å²) in [4.78, 5) is 16.5. The molecule has 19 heavy (non-hydrogen) atoms. The number of amides is 1. The lowest BCUT2D eigenvalue weighted by Crippen LogP contribution is -2.40. The van der Waals surface area contributed by atoms with E-state index in [1.165, 1.54) is 0 Å². The molecule has 1 saturated carbocycles. The van der Waals surface area contributed by atoms with Crippen molar-refractivity contribution in [3.05, 3.63) is 29.8 Å². The molecule has 1 aromatic rings. The van der Waals surface area contributed by atoms with Crippen LogP contribution in [-0.2, 0) is 10.2 Å². The van der Waals surface area contributed by atoms with E-state index in [9.17, 15) is 4.79 Å². The van der Waals surface area contributed by atoms with Crippen molar-refractivity contribution in [2.24, 2.45) is 0 Å². The van der Waals surface area contributed by atoms with E-state index in [0.29, 0.717) is 0 Å². The first-order chi connectivity index (χ1) is 8.95. The number of nitrogen functional groups attached to an aromatic ring is 1. The van der Waals surface area contributed by atoms with Crippen LogP contribution in [0.3, 0.4) is 0 Å². The van der Waals surface area contributed by atoms with Gasteiger partial charge in [-0.1, -0.05) is 12.1 Å². The van der Waals surface area contributed by atoms with Crippen LogP contribution in [0.2, 0.25) is 0 Å². The fourth-order valence-electron chi connectivity index (χ4n) is 2.37. The highest BCUT2D eigenvalue weighted by molar-refractivity contribution is 5.91. The van der Waals surface area contributed by atoms with Gasteiger partial charge in [0, 0.05) is 25.8 Å². The molecule has 104 valence electrons. The Morgan fingerprint density at radius 1 is 1.16 bits per heavy atom. The third kappa shape index (κ3) is 2.89. The molecule has 0 atom stereocenters. The molecule has 1 fully saturated rings. The largest absolute Gasteiger partial charge is 0.399 e. The summed E-state index contributed by atoms with van der Waals surface area (Å²) < 4.78 is 0. The summed E-state index contributed by atoms with van der Waals surface area (Å²) in [7, 11) is 5.93. The fraction of sp³-hybridized carbons (Fsp3) is 0.533. The second kappa shape index (κ2) is 5.21. The smallest absolute Gasteiger partial charge is 0.233 e. The molecule has 4 nitrogen and oxygen atoms in total. The molecule has 2 N–H and O–H groups in total. The van der Waals surface area contributed by atoms with Gasteiger partial charge in [-0.2, -0.15) is 0 Å². The van der Waals surface area contributed by atoms with Crippen molar-refractivity contribution >= 4 is 11.6 Å². The number of nitrogens with zero attached hydrogens (tertiary/aromatic N) is 2. The van der Waals surface area contributed by atoms with E-state index in [1.807, 2.05) is 50.3 Å². The Labute approximate surface area is 115 Å². The Balaban J connectivity index is 2.07. The SMILES string of the molecule is CN(C)CCN(C)C(=O)C1(c2ccc(N)cc2)CC1. The highest BCUT2D eigenvalue weighted by Gasteiger charge is 2.52. The van der Waals surface area contributed by atoms with E-state index < -0.39 is 0 Å². The number of nitrogens with two attached hydrogens (primary N) is 1. The van der Waals surface area contributed by atoms with Crippen molar-refractivity contribution < 1.29 is 4.79 Å². The van der Waals surface area contributed by atoms with Gasteiger partial charge >= 0.3 is 0 Å². The second-order valence-electron chi connectivity index (χ2n) is 5.73. The minimum atomic E-state index is -0.283. The average Bonchev–Trinajstić information content (AvgIpc) is 3.17. The molecule has 0 heterocycles. The lowest BCUT2D eigenvalue weighted by atomic mass is 9.94.